The number of hydrogen-bond donors (Lipinski definition) is 1. The van der Waals surface area contributed by atoms with Gasteiger partial charge in [0.15, 0.2) is 0 Å². The number of ether oxygens (including phenoxy) is 2. The van der Waals surface area contributed by atoms with E-state index in [0.29, 0.717) is 13.2 Å². The SMILES string of the molecule is COCCCO[C@H](C)CC(=O)O. The Hall–Kier alpha value is -0.610. The zero-order valence-corrected chi connectivity index (χ0v) is 7.58. The van der Waals surface area contributed by atoms with Gasteiger partial charge in [0.2, 0.25) is 0 Å². The van der Waals surface area contributed by atoms with E-state index in [-0.39, 0.29) is 12.5 Å². The third-order valence-corrected chi connectivity index (χ3v) is 1.36. The number of carboxylic acids is 1. The van der Waals surface area contributed by atoms with Crippen LogP contribution in [0.15, 0.2) is 0 Å². The van der Waals surface area contributed by atoms with Crippen molar-refractivity contribution in [3.63, 3.8) is 0 Å². The van der Waals surface area contributed by atoms with Crippen LogP contribution in [0.1, 0.15) is 19.8 Å². The molecule has 0 spiro atoms. The number of aliphatic carboxylic acids is 1. The standard InChI is InChI=1S/C8H16O4/c1-7(6-8(9)10)12-5-3-4-11-2/h7H,3-6H2,1-2H3,(H,9,10)/t7-/m1/s1. The highest BCUT2D eigenvalue weighted by Gasteiger charge is 2.06. The highest BCUT2D eigenvalue weighted by molar-refractivity contribution is 5.67. The lowest BCUT2D eigenvalue weighted by molar-refractivity contribution is -0.139. The smallest absolute Gasteiger partial charge is 0.305 e. The molecule has 0 rings (SSSR count). The molecule has 0 aromatic heterocycles. The summed E-state index contributed by atoms with van der Waals surface area (Å²) in [6.07, 6.45) is 0.660. The summed E-state index contributed by atoms with van der Waals surface area (Å²) < 4.78 is 10.0. The first-order valence-electron chi connectivity index (χ1n) is 3.99. The van der Waals surface area contributed by atoms with Crippen molar-refractivity contribution < 1.29 is 19.4 Å². The largest absolute Gasteiger partial charge is 0.481 e. The average molecular weight is 176 g/mol. The third-order valence-electron chi connectivity index (χ3n) is 1.36. The van der Waals surface area contributed by atoms with E-state index in [1.165, 1.54) is 0 Å². The molecule has 4 heteroatoms. The summed E-state index contributed by atoms with van der Waals surface area (Å²) in [5.74, 6) is -0.825. The van der Waals surface area contributed by atoms with Crippen molar-refractivity contribution in [2.24, 2.45) is 0 Å². The fourth-order valence-electron chi connectivity index (χ4n) is 0.793. The van der Waals surface area contributed by atoms with E-state index >= 15 is 0 Å². The van der Waals surface area contributed by atoms with E-state index in [4.69, 9.17) is 14.6 Å². The molecule has 0 aliphatic rings. The Bertz CT molecular complexity index is 124. The van der Waals surface area contributed by atoms with Crippen molar-refractivity contribution in [3.8, 4) is 0 Å². The summed E-state index contributed by atoms with van der Waals surface area (Å²) in [5, 5.41) is 8.38. The molecule has 0 saturated carbocycles. The molecule has 0 saturated heterocycles. The van der Waals surface area contributed by atoms with E-state index in [1.807, 2.05) is 0 Å². The van der Waals surface area contributed by atoms with E-state index in [9.17, 15) is 4.79 Å². The molecule has 0 aliphatic carbocycles. The van der Waals surface area contributed by atoms with Crippen LogP contribution in [0.5, 0.6) is 0 Å². The third kappa shape index (κ3) is 7.50. The van der Waals surface area contributed by atoms with Gasteiger partial charge in [-0.15, -0.1) is 0 Å². The van der Waals surface area contributed by atoms with Crippen LogP contribution in [0, 0.1) is 0 Å². The predicted octanol–water partition coefficient (Wildman–Crippen LogP) is 0.903. The molecule has 1 N–H and O–H groups in total. The summed E-state index contributed by atoms with van der Waals surface area (Å²) >= 11 is 0. The number of carbonyl (C=O) groups is 1. The second-order valence-electron chi connectivity index (χ2n) is 2.63. The van der Waals surface area contributed by atoms with E-state index in [2.05, 4.69) is 0 Å². The van der Waals surface area contributed by atoms with Gasteiger partial charge in [0, 0.05) is 20.3 Å². The zero-order chi connectivity index (χ0) is 9.40. The highest BCUT2D eigenvalue weighted by Crippen LogP contribution is 1.97. The van der Waals surface area contributed by atoms with Gasteiger partial charge in [-0.25, -0.2) is 0 Å². The molecule has 4 nitrogen and oxygen atoms in total. The summed E-state index contributed by atoms with van der Waals surface area (Å²) in [5.41, 5.74) is 0. The van der Waals surface area contributed by atoms with Gasteiger partial charge in [-0.3, -0.25) is 4.79 Å². The molecule has 12 heavy (non-hydrogen) atoms. The van der Waals surface area contributed by atoms with Gasteiger partial charge in [0.05, 0.1) is 12.5 Å². The van der Waals surface area contributed by atoms with Crippen molar-refractivity contribution in [2.45, 2.75) is 25.9 Å². The Morgan fingerprint density at radius 3 is 2.67 bits per heavy atom. The van der Waals surface area contributed by atoms with E-state index in [0.717, 1.165) is 6.42 Å². The van der Waals surface area contributed by atoms with Crippen LogP contribution in [0.4, 0.5) is 0 Å². The molecule has 0 unspecified atom stereocenters. The zero-order valence-electron chi connectivity index (χ0n) is 7.58. The first-order valence-corrected chi connectivity index (χ1v) is 3.99. The Morgan fingerprint density at radius 2 is 2.17 bits per heavy atom. The van der Waals surface area contributed by atoms with Crippen LogP contribution in [0.3, 0.4) is 0 Å². The molecule has 0 aromatic carbocycles. The first-order chi connectivity index (χ1) is 5.66. The van der Waals surface area contributed by atoms with Gasteiger partial charge in [0.25, 0.3) is 0 Å². The minimum Gasteiger partial charge on any atom is -0.481 e. The maximum absolute atomic E-state index is 10.2. The number of methoxy groups -OCH3 is 1. The quantitative estimate of drug-likeness (QED) is 0.585. The van der Waals surface area contributed by atoms with Crippen LogP contribution < -0.4 is 0 Å². The Kier molecular flexibility index (Phi) is 6.70. The van der Waals surface area contributed by atoms with Crippen LogP contribution >= 0.6 is 0 Å². The first kappa shape index (κ1) is 11.4. The molecule has 0 radical (unpaired) electrons. The molecule has 0 heterocycles. The van der Waals surface area contributed by atoms with Crippen LogP contribution in [0.2, 0.25) is 0 Å². The monoisotopic (exact) mass is 176 g/mol. The summed E-state index contributed by atoms with van der Waals surface area (Å²) in [6.45, 7) is 2.96. The maximum Gasteiger partial charge on any atom is 0.305 e. The molecule has 0 bridgehead atoms. The van der Waals surface area contributed by atoms with Gasteiger partial charge >= 0.3 is 5.97 Å². The second kappa shape index (κ2) is 7.06. The lowest BCUT2D eigenvalue weighted by atomic mass is 10.3. The minimum absolute atomic E-state index is 0.0625. The van der Waals surface area contributed by atoms with Crippen molar-refractivity contribution >= 4 is 5.97 Å². The Labute approximate surface area is 72.5 Å². The summed E-state index contributed by atoms with van der Waals surface area (Å²) in [6, 6.07) is 0. The van der Waals surface area contributed by atoms with Crippen molar-refractivity contribution in [3.05, 3.63) is 0 Å². The second-order valence-corrected chi connectivity index (χ2v) is 2.63. The van der Waals surface area contributed by atoms with Crippen LogP contribution in [0.25, 0.3) is 0 Å². The van der Waals surface area contributed by atoms with E-state index < -0.39 is 5.97 Å². The van der Waals surface area contributed by atoms with Crippen molar-refractivity contribution in [1.82, 2.24) is 0 Å². The summed E-state index contributed by atoms with van der Waals surface area (Å²) in [7, 11) is 1.63. The summed E-state index contributed by atoms with van der Waals surface area (Å²) in [4.78, 5) is 10.2. The molecular weight excluding hydrogens is 160 g/mol. The van der Waals surface area contributed by atoms with Gasteiger partial charge in [-0.1, -0.05) is 0 Å². The average Bonchev–Trinajstić information content (AvgIpc) is 1.97. The van der Waals surface area contributed by atoms with Crippen molar-refractivity contribution in [1.29, 1.82) is 0 Å². The lowest BCUT2D eigenvalue weighted by Gasteiger charge is -2.09. The van der Waals surface area contributed by atoms with Crippen LogP contribution in [-0.4, -0.2) is 37.5 Å². The number of hydrogen-bond acceptors (Lipinski definition) is 3. The highest BCUT2D eigenvalue weighted by atomic mass is 16.5. The van der Waals surface area contributed by atoms with Gasteiger partial charge in [-0.2, -0.15) is 0 Å². The minimum atomic E-state index is -0.825. The molecular formula is C8H16O4. The molecule has 0 fully saturated rings. The normalized spacial score (nSPS) is 12.8. The molecule has 0 amide bonds. The maximum atomic E-state index is 10.2. The van der Waals surface area contributed by atoms with Crippen molar-refractivity contribution in [2.75, 3.05) is 20.3 Å². The molecule has 0 aliphatic heterocycles. The topological polar surface area (TPSA) is 55.8 Å². The lowest BCUT2D eigenvalue weighted by Crippen LogP contribution is -2.14. The molecule has 0 aromatic rings. The Balaban J connectivity index is 3.19. The fourth-order valence-corrected chi connectivity index (χ4v) is 0.793. The van der Waals surface area contributed by atoms with Crippen LogP contribution in [-0.2, 0) is 14.3 Å². The van der Waals surface area contributed by atoms with E-state index in [1.54, 1.807) is 14.0 Å². The number of rotatable bonds is 7. The Morgan fingerprint density at radius 1 is 1.50 bits per heavy atom. The molecule has 72 valence electrons. The molecule has 1 atom stereocenters. The fraction of sp³-hybridized carbons (Fsp3) is 0.875. The van der Waals surface area contributed by atoms with Gasteiger partial charge in [0.1, 0.15) is 0 Å². The predicted molar refractivity (Wildman–Crippen MR) is 44.2 cm³/mol. The van der Waals surface area contributed by atoms with Gasteiger partial charge < -0.3 is 14.6 Å². The number of carboxylic acid groups (broad SMARTS) is 1. The van der Waals surface area contributed by atoms with Gasteiger partial charge in [-0.05, 0) is 13.3 Å².